The molecule has 7 heteroatoms. The molecule has 2 aromatic rings. The predicted octanol–water partition coefficient (Wildman–Crippen LogP) is 2.90. The lowest BCUT2D eigenvalue weighted by Crippen LogP contribution is -2.38. The number of non-ortho nitro benzene ring substituents is 1. The number of nitro benzene ring substituents is 1. The zero-order valence-corrected chi connectivity index (χ0v) is 13.2. The van der Waals surface area contributed by atoms with Gasteiger partial charge >= 0.3 is 6.03 Å². The predicted molar refractivity (Wildman–Crippen MR) is 89.9 cm³/mol. The van der Waals surface area contributed by atoms with Gasteiger partial charge in [0.1, 0.15) is 5.75 Å². The lowest BCUT2D eigenvalue weighted by atomic mass is 10.1. The van der Waals surface area contributed by atoms with Gasteiger partial charge in [-0.2, -0.15) is 0 Å². The van der Waals surface area contributed by atoms with Crippen molar-refractivity contribution < 1.29 is 14.8 Å². The van der Waals surface area contributed by atoms with Crippen molar-refractivity contribution in [2.75, 3.05) is 6.54 Å². The third-order valence-electron chi connectivity index (χ3n) is 3.56. The number of phenolic OH excluding ortho intramolecular Hbond substituents is 1. The Kier molecular flexibility index (Phi) is 5.73. The first kappa shape index (κ1) is 17.3. The van der Waals surface area contributed by atoms with Gasteiger partial charge in [0, 0.05) is 18.7 Å². The Labute approximate surface area is 139 Å². The number of urea groups is 1. The Bertz CT molecular complexity index is 716. The summed E-state index contributed by atoms with van der Waals surface area (Å²) in [5.74, 6) is 0.204. The van der Waals surface area contributed by atoms with Crippen molar-refractivity contribution in [1.82, 2.24) is 10.6 Å². The van der Waals surface area contributed by atoms with Crippen LogP contribution < -0.4 is 10.6 Å². The van der Waals surface area contributed by atoms with E-state index in [9.17, 15) is 20.0 Å². The number of phenols is 1. The second-order valence-electron chi connectivity index (χ2n) is 5.39. The van der Waals surface area contributed by atoms with Crippen LogP contribution in [-0.4, -0.2) is 22.6 Å². The highest BCUT2D eigenvalue weighted by Crippen LogP contribution is 2.18. The third-order valence-corrected chi connectivity index (χ3v) is 3.56. The number of rotatable bonds is 6. The first-order valence-electron chi connectivity index (χ1n) is 7.52. The van der Waals surface area contributed by atoms with E-state index in [1.54, 1.807) is 43.3 Å². The summed E-state index contributed by atoms with van der Waals surface area (Å²) in [5, 5.41) is 25.5. The van der Waals surface area contributed by atoms with Crippen molar-refractivity contribution in [2.45, 2.75) is 19.4 Å². The van der Waals surface area contributed by atoms with Gasteiger partial charge in [-0.05, 0) is 36.6 Å². The number of amides is 2. The molecule has 2 aromatic carbocycles. The molecule has 0 aliphatic rings. The highest BCUT2D eigenvalue weighted by Gasteiger charge is 2.12. The Hall–Kier alpha value is -3.09. The average Bonchev–Trinajstić information content (AvgIpc) is 2.56. The van der Waals surface area contributed by atoms with Gasteiger partial charge in [0.15, 0.2) is 0 Å². The number of carbonyl (C=O) groups is 1. The van der Waals surface area contributed by atoms with Gasteiger partial charge in [-0.25, -0.2) is 4.79 Å². The summed E-state index contributed by atoms with van der Waals surface area (Å²) in [4.78, 5) is 22.2. The van der Waals surface area contributed by atoms with Crippen LogP contribution in [0.1, 0.15) is 24.1 Å². The van der Waals surface area contributed by atoms with Gasteiger partial charge < -0.3 is 15.7 Å². The summed E-state index contributed by atoms with van der Waals surface area (Å²) >= 11 is 0. The molecule has 0 fully saturated rings. The van der Waals surface area contributed by atoms with Gasteiger partial charge in [0.2, 0.25) is 0 Å². The molecule has 0 bridgehead atoms. The number of carbonyl (C=O) groups excluding carboxylic acids is 1. The zero-order valence-electron chi connectivity index (χ0n) is 13.2. The molecular formula is C17H19N3O4. The molecule has 0 aromatic heterocycles. The molecule has 0 aliphatic carbocycles. The van der Waals surface area contributed by atoms with E-state index in [1.807, 2.05) is 0 Å². The monoisotopic (exact) mass is 329 g/mol. The second-order valence-corrected chi connectivity index (χ2v) is 5.39. The van der Waals surface area contributed by atoms with E-state index in [2.05, 4.69) is 10.6 Å². The molecule has 0 radical (unpaired) electrons. The third kappa shape index (κ3) is 4.98. The zero-order chi connectivity index (χ0) is 17.5. The molecule has 0 spiro atoms. The molecular weight excluding hydrogens is 310 g/mol. The highest BCUT2D eigenvalue weighted by atomic mass is 16.6. The van der Waals surface area contributed by atoms with Crippen molar-refractivity contribution >= 4 is 11.7 Å². The largest absolute Gasteiger partial charge is 0.508 e. The number of nitrogens with one attached hydrogen (secondary N) is 2. The van der Waals surface area contributed by atoms with Gasteiger partial charge in [-0.3, -0.25) is 10.1 Å². The van der Waals surface area contributed by atoms with Crippen molar-refractivity contribution in [1.29, 1.82) is 0 Å². The Morgan fingerprint density at radius 3 is 2.62 bits per heavy atom. The molecule has 0 saturated heterocycles. The molecule has 2 rings (SSSR count). The lowest BCUT2D eigenvalue weighted by molar-refractivity contribution is -0.384. The first-order chi connectivity index (χ1) is 11.5. The van der Waals surface area contributed by atoms with Crippen molar-refractivity contribution in [3.63, 3.8) is 0 Å². The lowest BCUT2D eigenvalue weighted by Gasteiger charge is -2.15. The molecule has 2 amide bonds. The fraction of sp³-hybridized carbons (Fsp3) is 0.235. The Balaban J connectivity index is 1.82. The SMILES string of the molecule is CC(NC(=O)NCCc1ccc(O)cc1)c1cccc([N+](=O)[O-])c1. The molecule has 7 nitrogen and oxygen atoms in total. The van der Waals surface area contributed by atoms with Crippen LogP contribution in [0.4, 0.5) is 10.5 Å². The minimum atomic E-state index is -0.464. The standard InChI is InChI=1S/C17H19N3O4/c1-12(14-3-2-4-15(11-14)20(23)24)19-17(22)18-10-9-13-5-7-16(21)8-6-13/h2-8,11-12,21H,9-10H2,1H3,(H2,18,19,22). The van der Waals surface area contributed by atoms with E-state index >= 15 is 0 Å². The van der Waals surface area contributed by atoms with E-state index in [0.29, 0.717) is 18.5 Å². The summed E-state index contributed by atoms with van der Waals surface area (Å²) in [6, 6.07) is 12.3. The van der Waals surface area contributed by atoms with Gasteiger partial charge in [-0.1, -0.05) is 24.3 Å². The number of benzene rings is 2. The van der Waals surface area contributed by atoms with E-state index in [4.69, 9.17) is 0 Å². The molecule has 126 valence electrons. The quantitative estimate of drug-likeness (QED) is 0.560. The molecule has 24 heavy (non-hydrogen) atoms. The van der Waals surface area contributed by atoms with Crippen molar-refractivity contribution in [3.8, 4) is 5.75 Å². The fourth-order valence-electron chi connectivity index (χ4n) is 2.22. The van der Waals surface area contributed by atoms with Crippen LogP contribution in [0.5, 0.6) is 5.75 Å². The van der Waals surface area contributed by atoms with Crippen LogP contribution in [0.2, 0.25) is 0 Å². The molecule has 1 unspecified atom stereocenters. The molecule has 1 atom stereocenters. The minimum absolute atomic E-state index is 0.00566. The first-order valence-corrected chi connectivity index (χ1v) is 7.52. The molecule has 0 saturated carbocycles. The summed E-state index contributed by atoms with van der Waals surface area (Å²) < 4.78 is 0. The maximum absolute atomic E-state index is 11.9. The Morgan fingerprint density at radius 2 is 1.96 bits per heavy atom. The summed E-state index contributed by atoms with van der Waals surface area (Å²) in [6.45, 7) is 2.21. The van der Waals surface area contributed by atoms with Crippen LogP contribution in [0.15, 0.2) is 48.5 Å². The van der Waals surface area contributed by atoms with Crippen LogP contribution in [0.25, 0.3) is 0 Å². The van der Waals surface area contributed by atoms with Gasteiger partial charge in [0.25, 0.3) is 5.69 Å². The van der Waals surface area contributed by atoms with Crippen molar-refractivity contribution in [2.24, 2.45) is 0 Å². The maximum atomic E-state index is 11.9. The molecule has 0 heterocycles. The smallest absolute Gasteiger partial charge is 0.315 e. The van der Waals surface area contributed by atoms with Crippen molar-refractivity contribution in [3.05, 3.63) is 69.8 Å². The average molecular weight is 329 g/mol. The fourth-order valence-corrected chi connectivity index (χ4v) is 2.22. The number of hydrogen-bond donors (Lipinski definition) is 3. The number of nitro groups is 1. The normalized spacial score (nSPS) is 11.5. The van der Waals surface area contributed by atoms with Crippen LogP contribution >= 0.6 is 0 Å². The summed E-state index contributed by atoms with van der Waals surface area (Å²) in [7, 11) is 0. The molecule has 3 N–H and O–H groups in total. The summed E-state index contributed by atoms with van der Waals surface area (Å²) in [6.07, 6.45) is 0.638. The highest BCUT2D eigenvalue weighted by molar-refractivity contribution is 5.74. The van der Waals surface area contributed by atoms with Crippen LogP contribution in [0.3, 0.4) is 0 Å². The summed E-state index contributed by atoms with van der Waals surface area (Å²) in [5.41, 5.74) is 1.66. The van der Waals surface area contributed by atoms with E-state index in [-0.39, 0.29) is 23.5 Å². The van der Waals surface area contributed by atoms with E-state index in [1.165, 1.54) is 12.1 Å². The van der Waals surface area contributed by atoms with Gasteiger partial charge in [-0.15, -0.1) is 0 Å². The van der Waals surface area contributed by atoms with Crippen LogP contribution in [-0.2, 0) is 6.42 Å². The number of hydrogen-bond acceptors (Lipinski definition) is 4. The minimum Gasteiger partial charge on any atom is -0.508 e. The van der Waals surface area contributed by atoms with E-state index in [0.717, 1.165) is 5.56 Å². The second kappa shape index (κ2) is 7.96. The Morgan fingerprint density at radius 1 is 1.25 bits per heavy atom. The topological polar surface area (TPSA) is 104 Å². The van der Waals surface area contributed by atoms with E-state index < -0.39 is 4.92 Å². The maximum Gasteiger partial charge on any atom is 0.315 e. The number of aromatic hydroxyl groups is 1. The number of nitrogens with zero attached hydrogens (tertiary/aromatic N) is 1. The molecule has 0 aliphatic heterocycles. The van der Waals surface area contributed by atoms with Crippen LogP contribution in [0, 0.1) is 10.1 Å². The van der Waals surface area contributed by atoms with Gasteiger partial charge in [0.05, 0.1) is 11.0 Å².